The average molecular weight is 405 g/mol. The Labute approximate surface area is 156 Å². The van der Waals surface area contributed by atoms with E-state index in [9.17, 15) is 9.59 Å². The highest BCUT2D eigenvalue weighted by Crippen LogP contribution is 2.23. The van der Waals surface area contributed by atoms with Crippen LogP contribution in [-0.2, 0) is 9.59 Å². The fourth-order valence-corrected chi connectivity index (χ4v) is 2.96. The molecule has 0 aliphatic heterocycles. The summed E-state index contributed by atoms with van der Waals surface area (Å²) in [7, 11) is 1.82. The quantitative estimate of drug-likeness (QED) is 0.690. The summed E-state index contributed by atoms with van der Waals surface area (Å²) in [6.45, 7) is 4.41. The van der Waals surface area contributed by atoms with Gasteiger partial charge in [0.05, 0.1) is 12.7 Å². The number of benzene rings is 2. The van der Waals surface area contributed by atoms with Gasteiger partial charge in [-0.25, -0.2) is 0 Å². The van der Waals surface area contributed by atoms with Crippen LogP contribution in [0.4, 0.5) is 11.4 Å². The molecule has 0 aliphatic carbocycles. The highest BCUT2D eigenvalue weighted by Gasteiger charge is 2.15. The summed E-state index contributed by atoms with van der Waals surface area (Å²) < 4.78 is 0.843. The van der Waals surface area contributed by atoms with E-state index in [0.29, 0.717) is 0 Å². The van der Waals surface area contributed by atoms with Crippen molar-refractivity contribution < 1.29 is 14.5 Å². The van der Waals surface area contributed by atoms with Gasteiger partial charge >= 0.3 is 0 Å². The third-order valence-electron chi connectivity index (χ3n) is 3.66. The van der Waals surface area contributed by atoms with E-state index < -0.39 is 0 Å². The van der Waals surface area contributed by atoms with Gasteiger partial charge in [0.2, 0.25) is 0 Å². The summed E-state index contributed by atoms with van der Waals surface area (Å²) in [5.41, 5.74) is 3.74. The molecule has 0 fully saturated rings. The number of hydrogen-bond donors (Lipinski definition) is 3. The predicted octanol–water partition coefficient (Wildman–Crippen LogP) is 2.16. The molecular formula is C19H23BrN3O2+. The van der Waals surface area contributed by atoms with Gasteiger partial charge in [0, 0.05) is 10.2 Å². The molecule has 0 aliphatic rings. The summed E-state index contributed by atoms with van der Waals surface area (Å²) in [6, 6.07) is 13.4. The predicted molar refractivity (Wildman–Crippen MR) is 104 cm³/mol. The number of aryl methyl sites for hydroxylation is 2. The van der Waals surface area contributed by atoms with Gasteiger partial charge in [0.25, 0.3) is 11.8 Å². The van der Waals surface area contributed by atoms with Crippen molar-refractivity contribution in [3.05, 3.63) is 58.1 Å². The number of carbonyl (C=O) groups excluding carboxylic acids is 2. The number of quaternary nitrogens is 1. The minimum atomic E-state index is -0.134. The monoisotopic (exact) mass is 404 g/mol. The zero-order chi connectivity index (χ0) is 18.4. The van der Waals surface area contributed by atoms with Crippen LogP contribution in [0, 0.1) is 13.8 Å². The first kappa shape index (κ1) is 19.1. The van der Waals surface area contributed by atoms with Gasteiger partial charge < -0.3 is 15.5 Å². The summed E-state index contributed by atoms with van der Waals surface area (Å²) in [6.07, 6.45) is 0. The lowest BCUT2D eigenvalue weighted by Crippen LogP contribution is -3.11. The van der Waals surface area contributed by atoms with E-state index >= 15 is 0 Å². The van der Waals surface area contributed by atoms with Crippen molar-refractivity contribution in [1.29, 1.82) is 0 Å². The largest absolute Gasteiger partial charge is 0.322 e. The molecule has 132 valence electrons. The number of amides is 2. The van der Waals surface area contributed by atoms with Crippen LogP contribution in [0.2, 0.25) is 0 Å². The minimum Gasteiger partial charge on any atom is -0.322 e. The second kappa shape index (κ2) is 8.78. The maximum Gasteiger partial charge on any atom is 0.279 e. The van der Waals surface area contributed by atoms with Gasteiger partial charge in [-0.1, -0.05) is 23.8 Å². The second-order valence-corrected chi connectivity index (χ2v) is 7.11. The number of carbonyl (C=O) groups is 2. The summed E-state index contributed by atoms with van der Waals surface area (Å²) in [5.74, 6) is -0.254. The Hall–Kier alpha value is -2.18. The number of likely N-dealkylation sites (N-methyl/N-ethyl adjacent to an activating group) is 1. The third-order valence-corrected chi connectivity index (χ3v) is 4.31. The molecule has 6 heteroatoms. The molecule has 0 radical (unpaired) electrons. The average Bonchev–Trinajstić information content (AvgIpc) is 2.52. The van der Waals surface area contributed by atoms with Crippen molar-refractivity contribution in [2.75, 3.05) is 30.8 Å². The first-order valence-electron chi connectivity index (χ1n) is 8.07. The fourth-order valence-electron chi connectivity index (χ4n) is 2.37. The lowest BCUT2D eigenvalue weighted by molar-refractivity contribution is -0.862. The van der Waals surface area contributed by atoms with Crippen LogP contribution in [0.15, 0.2) is 46.9 Å². The Bertz CT molecular complexity index is 760. The van der Waals surface area contributed by atoms with Crippen LogP contribution in [0.25, 0.3) is 0 Å². The molecule has 2 rings (SSSR count). The Kier molecular flexibility index (Phi) is 6.73. The van der Waals surface area contributed by atoms with E-state index in [-0.39, 0.29) is 24.9 Å². The third kappa shape index (κ3) is 6.32. The van der Waals surface area contributed by atoms with E-state index in [4.69, 9.17) is 0 Å². The smallest absolute Gasteiger partial charge is 0.279 e. The van der Waals surface area contributed by atoms with Crippen LogP contribution in [-0.4, -0.2) is 32.0 Å². The van der Waals surface area contributed by atoms with Crippen LogP contribution >= 0.6 is 15.9 Å². The van der Waals surface area contributed by atoms with E-state index in [1.54, 1.807) is 0 Å². The summed E-state index contributed by atoms with van der Waals surface area (Å²) in [4.78, 5) is 25.0. The number of nitrogens with one attached hydrogen (secondary N) is 3. The second-order valence-electron chi connectivity index (χ2n) is 6.26. The number of halogens is 1. The molecule has 3 N–H and O–H groups in total. The molecule has 0 saturated heterocycles. The van der Waals surface area contributed by atoms with Crippen LogP contribution < -0.4 is 15.5 Å². The molecular weight excluding hydrogens is 382 g/mol. The van der Waals surface area contributed by atoms with Gasteiger partial charge in [-0.3, -0.25) is 9.59 Å². The summed E-state index contributed by atoms with van der Waals surface area (Å²) >= 11 is 3.44. The Morgan fingerprint density at radius 1 is 0.920 bits per heavy atom. The minimum absolute atomic E-state index is 0.120. The summed E-state index contributed by atoms with van der Waals surface area (Å²) in [5, 5.41) is 5.70. The lowest BCUT2D eigenvalue weighted by Gasteiger charge is -2.14. The lowest BCUT2D eigenvalue weighted by atomic mass is 10.2. The van der Waals surface area contributed by atoms with Gasteiger partial charge in [-0.05, 0) is 59.6 Å². The van der Waals surface area contributed by atoms with E-state index in [1.807, 2.05) is 63.4 Å². The highest BCUT2D eigenvalue weighted by molar-refractivity contribution is 9.10. The molecule has 25 heavy (non-hydrogen) atoms. The molecule has 2 aromatic rings. The molecule has 0 saturated carbocycles. The van der Waals surface area contributed by atoms with Gasteiger partial charge in [-0.15, -0.1) is 0 Å². The van der Waals surface area contributed by atoms with Crippen LogP contribution in [0.5, 0.6) is 0 Å². The zero-order valence-electron chi connectivity index (χ0n) is 14.7. The SMILES string of the molecule is Cc1ccc(NC(=O)C[NH+](C)CC(=O)Nc2ccc(C)cc2Br)cc1. The molecule has 0 aromatic heterocycles. The van der Waals surface area contributed by atoms with E-state index in [1.165, 1.54) is 0 Å². The highest BCUT2D eigenvalue weighted by atomic mass is 79.9. The normalized spacial score (nSPS) is 11.7. The molecule has 1 atom stereocenters. The first-order valence-corrected chi connectivity index (χ1v) is 8.86. The number of rotatable bonds is 6. The van der Waals surface area contributed by atoms with Crippen molar-refractivity contribution in [2.45, 2.75) is 13.8 Å². The molecule has 2 aromatic carbocycles. The zero-order valence-corrected chi connectivity index (χ0v) is 16.2. The van der Waals surface area contributed by atoms with Crippen LogP contribution in [0.1, 0.15) is 11.1 Å². The standard InChI is InChI=1S/C19H22BrN3O2/c1-13-4-7-15(8-5-13)21-18(24)11-23(3)12-19(25)22-17-9-6-14(2)10-16(17)20/h4-10H,11-12H2,1-3H3,(H,21,24)(H,22,25)/p+1. The van der Waals surface area contributed by atoms with E-state index in [2.05, 4.69) is 26.6 Å². The van der Waals surface area contributed by atoms with Crippen molar-refractivity contribution >= 4 is 39.1 Å². The molecule has 2 amide bonds. The van der Waals surface area contributed by atoms with Gasteiger partial charge in [-0.2, -0.15) is 0 Å². The Morgan fingerprint density at radius 3 is 2.08 bits per heavy atom. The Morgan fingerprint density at radius 2 is 1.48 bits per heavy atom. The van der Waals surface area contributed by atoms with E-state index in [0.717, 1.165) is 31.9 Å². The van der Waals surface area contributed by atoms with Crippen molar-refractivity contribution in [1.82, 2.24) is 0 Å². The van der Waals surface area contributed by atoms with Crippen molar-refractivity contribution in [2.24, 2.45) is 0 Å². The number of anilines is 2. The maximum atomic E-state index is 12.2. The first-order chi connectivity index (χ1) is 11.8. The van der Waals surface area contributed by atoms with Crippen molar-refractivity contribution in [3.63, 3.8) is 0 Å². The molecule has 0 spiro atoms. The molecule has 0 heterocycles. The van der Waals surface area contributed by atoms with Crippen molar-refractivity contribution in [3.8, 4) is 0 Å². The maximum absolute atomic E-state index is 12.2. The molecule has 0 bridgehead atoms. The van der Waals surface area contributed by atoms with Gasteiger partial charge in [0.1, 0.15) is 0 Å². The Balaban J connectivity index is 1.82. The molecule has 1 unspecified atom stereocenters. The molecule has 5 nitrogen and oxygen atoms in total. The van der Waals surface area contributed by atoms with Crippen LogP contribution in [0.3, 0.4) is 0 Å². The number of hydrogen-bond acceptors (Lipinski definition) is 2. The van der Waals surface area contributed by atoms with Gasteiger partial charge in [0.15, 0.2) is 13.1 Å². The topological polar surface area (TPSA) is 62.6 Å². The fraction of sp³-hybridized carbons (Fsp3) is 0.263.